The molecule has 6 N–H and O–H groups in total. The molecule has 0 amide bonds. The smallest absolute Gasteiger partial charge is 0.129 e. The fourth-order valence-electron chi connectivity index (χ4n) is 4.29. The molecule has 0 aliphatic carbocycles. The lowest BCUT2D eigenvalue weighted by Crippen LogP contribution is -2.50. The highest BCUT2D eigenvalue weighted by molar-refractivity contribution is 5.33. The van der Waals surface area contributed by atoms with Crippen molar-refractivity contribution in [3.8, 4) is 0 Å². The molecule has 10 heteroatoms. The number of benzene rings is 2. The summed E-state index contributed by atoms with van der Waals surface area (Å²) >= 11 is 0. The zero-order chi connectivity index (χ0) is 29.6. The summed E-state index contributed by atoms with van der Waals surface area (Å²) in [6, 6.07) is 4.39. The quantitative estimate of drug-likeness (QED) is 0.177. The lowest BCUT2D eigenvalue weighted by molar-refractivity contribution is -0.134. The number of hydrogen-bond acceptors (Lipinski definition) is 6. The first-order chi connectivity index (χ1) is 18.2. The molecular formula is C29H36F4O6. The number of hydrogen-bond donors (Lipinski definition) is 6. The van der Waals surface area contributed by atoms with Crippen molar-refractivity contribution in [2.75, 3.05) is 6.61 Å². The maximum Gasteiger partial charge on any atom is 0.129 e. The molecule has 216 valence electrons. The van der Waals surface area contributed by atoms with Gasteiger partial charge in [-0.15, -0.1) is 5.73 Å². The van der Waals surface area contributed by atoms with E-state index in [-0.39, 0.29) is 46.6 Å². The van der Waals surface area contributed by atoms with Crippen LogP contribution in [0.4, 0.5) is 17.6 Å². The van der Waals surface area contributed by atoms with Gasteiger partial charge in [0.2, 0.25) is 0 Å². The molecule has 2 rings (SSSR count). The summed E-state index contributed by atoms with van der Waals surface area (Å²) in [6.45, 7) is 5.58. The summed E-state index contributed by atoms with van der Waals surface area (Å²) in [5, 5.41) is 60.0. The molecule has 2 aromatic carbocycles. The second-order valence-electron chi connectivity index (χ2n) is 10.2. The average Bonchev–Trinajstić information content (AvgIpc) is 2.84. The van der Waals surface area contributed by atoms with E-state index in [4.69, 9.17) is 5.11 Å². The number of halogens is 4. The Kier molecular flexibility index (Phi) is 11.9. The number of aliphatic hydroxyl groups excluding tert-OH is 6. The minimum absolute atomic E-state index is 0.0559. The van der Waals surface area contributed by atoms with E-state index in [0.717, 1.165) is 24.3 Å². The fourth-order valence-corrected chi connectivity index (χ4v) is 4.29. The molecular weight excluding hydrogens is 520 g/mol. The molecule has 0 aromatic heterocycles. The van der Waals surface area contributed by atoms with Crippen LogP contribution in [0.15, 0.2) is 41.6 Å². The van der Waals surface area contributed by atoms with Crippen molar-refractivity contribution in [3.05, 3.63) is 87.2 Å². The van der Waals surface area contributed by atoms with Crippen LogP contribution in [0.25, 0.3) is 0 Å². The predicted octanol–water partition coefficient (Wildman–Crippen LogP) is 3.15. The SMILES string of the molecule is CC(C)c1c(F)cc(CC=C=C(Cc2cc(F)c(C(C)C)c(F)c2)C(O)[C@@H](O)[C@@H](O)[C@H](O)[C@@H](O)CO)cc1F. The highest BCUT2D eigenvalue weighted by atomic mass is 19.1. The first-order valence-electron chi connectivity index (χ1n) is 12.6. The first-order valence-corrected chi connectivity index (χ1v) is 12.6. The van der Waals surface area contributed by atoms with Crippen LogP contribution in [-0.4, -0.2) is 67.8 Å². The van der Waals surface area contributed by atoms with Crippen LogP contribution in [0.1, 0.15) is 61.8 Å². The third-order valence-electron chi connectivity index (χ3n) is 6.41. The topological polar surface area (TPSA) is 121 Å². The third kappa shape index (κ3) is 8.22. The van der Waals surface area contributed by atoms with Gasteiger partial charge in [0.15, 0.2) is 0 Å². The van der Waals surface area contributed by atoms with Crippen LogP contribution in [0.2, 0.25) is 0 Å². The lowest BCUT2D eigenvalue weighted by atomic mass is 9.91. The Labute approximate surface area is 225 Å². The number of rotatable bonds is 12. The minimum Gasteiger partial charge on any atom is -0.394 e. The van der Waals surface area contributed by atoms with Crippen molar-refractivity contribution in [1.29, 1.82) is 0 Å². The maximum atomic E-state index is 14.6. The van der Waals surface area contributed by atoms with Gasteiger partial charge in [-0.1, -0.05) is 27.7 Å². The molecule has 0 heterocycles. The van der Waals surface area contributed by atoms with Crippen molar-refractivity contribution in [3.63, 3.8) is 0 Å². The average molecular weight is 557 g/mol. The first kappa shape index (κ1) is 32.7. The summed E-state index contributed by atoms with van der Waals surface area (Å²) in [7, 11) is 0. The van der Waals surface area contributed by atoms with Crippen LogP contribution in [0, 0.1) is 23.3 Å². The monoisotopic (exact) mass is 556 g/mol. The zero-order valence-electron chi connectivity index (χ0n) is 22.2. The van der Waals surface area contributed by atoms with E-state index in [1.54, 1.807) is 27.7 Å². The summed E-state index contributed by atoms with van der Waals surface area (Å²) in [4.78, 5) is 0. The van der Waals surface area contributed by atoms with Crippen molar-refractivity contribution < 1.29 is 48.2 Å². The molecule has 0 saturated carbocycles. The molecule has 0 bridgehead atoms. The molecule has 6 nitrogen and oxygen atoms in total. The molecule has 2 aromatic rings. The molecule has 0 spiro atoms. The third-order valence-corrected chi connectivity index (χ3v) is 6.41. The highest BCUT2D eigenvalue weighted by Crippen LogP contribution is 2.26. The Morgan fingerprint density at radius 3 is 1.56 bits per heavy atom. The Bertz CT molecular complexity index is 1150. The molecule has 0 aliphatic rings. The Hall–Kier alpha value is -2.56. The molecule has 1 unspecified atom stereocenters. The van der Waals surface area contributed by atoms with E-state index < -0.39 is 66.3 Å². The van der Waals surface area contributed by atoms with Gasteiger partial charge < -0.3 is 30.6 Å². The van der Waals surface area contributed by atoms with Crippen LogP contribution in [0.3, 0.4) is 0 Å². The van der Waals surface area contributed by atoms with Gasteiger partial charge in [0, 0.05) is 23.1 Å². The van der Waals surface area contributed by atoms with Gasteiger partial charge in [-0.3, -0.25) is 0 Å². The van der Waals surface area contributed by atoms with E-state index in [1.807, 2.05) is 0 Å². The highest BCUT2D eigenvalue weighted by Gasteiger charge is 2.35. The largest absolute Gasteiger partial charge is 0.394 e. The molecule has 5 atom stereocenters. The van der Waals surface area contributed by atoms with Crippen LogP contribution in [0.5, 0.6) is 0 Å². The van der Waals surface area contributed by atoms with E-state index in [0.29, 0.717) is 0 Å². The van der Waals surface area contributed by atoms with Gasteiger partial charge in [-0.05, 0) is 59.7 Å². The zero-order valence-corrected chi connectivity index (χ0v) is 22.2. The lowest BCUT2D eigenvalue weighted by Gasteiger charge is -2.29. The van der Waals surface area contributed by atoms with E-state index in [2.05, 4.69) is 5.73 Å². The van der Waals surface area contributed by atoms with Gasteiger partial charge in [0.05, 0.1) is 6.61 Å². The van der Waals surface area contributed by atoms with Crippen molar-refractivity contribution in [2.45, 2.75) is 82.9 Å². The van der Waals surface area contributed by atoms with Crippen LogP contribution >= 0.6 is 0 Å². The Morgan fingerprint density at radius 2 is 1.15 bits per heavy atom. The van der Waals surface area contributed by atoms with E-state index in [1.165, 1.54) is 6.08 Å². The molecule has 0 saturated heterocycles. The van der Waals surface area contributed by atoms with E-state index in [9.17, 15) is 43.1 Å². The van der Waals surface area contributed by atoms with Gasteiger partial charge in [-0.2, -0.15) is 0 Å². The molecule has 39 heavy (non-hydrogen) atoms. The summed E-state index contributed by atoms with van der Waals surface area (Å²) < 4.78 is 57.9. The van der Waals surface area contributed by atoms with Gasteiger partial charge in [0.1, 0.15) is 53.8 Å². The summed E-state index contributed by atoms with van der Waals surface area (Å²) in [5.74, 6) is -3.94. The van der Waals surface area contributed by atoms with Crippen molar-refractivity contribution in [1.82, 2.24) is 0 Å². The second-order valence-corrected chi connectivity index (χ2v) is 10.2. The van der Waals surface area contributed by atoms with Gasteiger partial charge in [0.25, 0.3) is 0 Å². The predicted molar refractivity (Wildman–Crippen MR) is 137 cm³/mol. The summed E-state index contributed by atoms with van der Waals surface area (Å²) in [5.41, 5.74) is 2.59. The van der Waals surface area contributed by atoms with E-state index >= 15 is 0 Å². The second kappa shape index (κ2) is 14.2. The van der Waals surface area contributed by atoms with Gasteiger partial charge in [-0.25, -0.2) is 17.6 Å². The van der Waals surface area contributed by atoms with Gasteiger partial charge >= 0.3 is 0 Å². The van der Waals surface area contributed by atoms with Crippen molar-refractivity contribution >= 4 is 0 Å². The van der Waals surface area contributed by atoms with Crippen LogP contribution < -0.4 is 0 Å². The fraction of sp³-hybridized carbons (Fsp3) is 0.483. The van der Waals surface area contributed by atoms with Crippen molar-refractivity contribution in [2.24, 2.45) is 0 Å². The molecule has 0 fully saturated rings. The Balaban J connectivity index is 2.48. The summed E-state index contributed by atoms with van der Waals surface area (Å²) in [6.07, 6.45) is -9.18. The maximum absolute atomic E-state index is 14.6. The minimum atomic E-state index is -2.12. The Morgan fingerprint density at radius 1 is 0.718 bits per heavy atom. The molecule has 0 aliphatic heterocycles. The number of aliphatic hydroxyl groups is 6. The standard InChI is InChI=1S/C29H36F4O6/c1-14(2)24-19(30)9-16(10-20(24)31)6-5-7-18(26(36)28(38)29(39)27(37)23(35)13-34)8-17-11-21(32)25(15(3)4)22(33)12-17/h5,9-12,14-15,23,26-29,34-39H,6,8,13H2,1-4H3/t7?,23-,26?,27+,28+,29-/m0/s1. The molecule has 0 radical (unpaired) electrons. The van der Waals surface area contributed by atoms with Crippen LogP contribution in [-0.2, 0) is 12.8 Å². The normalized spacial score (nSPS) is 15.6.